The Kier molecular flexibility index (Phi) is 4.54. The molecule has 19 heavy (non-hydrogen) atoms. The molecule has 0 aromatic heterocycles. The summed E-state index contributed by atoms with van der Waals surface area (Å²) < 4.78 is 0. The lowest BCUT2D eigenvalue weighted by molar-refractivity contribution is -0.133. The topological polar surface area (TPSA) is 32.3 Å². The predicted molar refractivity (Wildman–Crippen MR) is 78.7 cm³/mol. The van der Waals surface area contributed by atoms with E-state index in [4.69, 9.17) is 0 Å². The van der Waals surface area contributed by atoms with Crippen LogP contribution in [0, 0.1) is 11.8 Å². The van der Waals surface area contributed by atoms with Crippen LogP contribution < -0.4 is 5.32 Å². The Labute approximate surface area is 118 Å². The van der Waals surface area contributed by atoms with Gasteiger partial charge in [-0.05, 0) is 38.0 Å². The number of hydrogen-bond donors (Lipinski definition) is 1. The fourth-order valence-electron chi connectivity index (χ4n) is 3.21. The van der Waals surface area contributed by atoms with Gasteiger partial charge in [0, 0.05) is 6.54 Å². The average Bonchev–Trinajstić information content (AvgIpc) is 2.51. The minimum absolute atomic E-state index is 0.248. The number of hydrogen-bond acceptors (Lipinski definition) is 2. The van der Waals surface area contributed by atoms with Crippen molar-refractivity contribution >= 4 is 5.91 Å². The number of nitrogens with zero attached hydrogens (tertiary/aromatic N) is 1. The highest BCUT2D eigenvalue weighted by Crippen LogP contribution is 2.32. The smallest absolute Gasteiger partial charge is 0.243 e. The highest BCUT2D eigenvalue weighted by atomic mass is 16.2. The fourth-order valence-corrected chi connectivity index (χ4v) is 3.21. The van der Waals surface area contributed by atoms with Crippen molar-refractivity contribution < 1.29 is 4.79 Å². The van der Waals surface area contributed by atoms with E-state index in [1.54, 1.807) is 0 Å². The third-order valence-electron chi connectivity index (χ3n) is 5.00. The van der Waals surface area contributed by atoms with Gasteiger partial charge in [-0.2, -0.15) is 0 Å². The third-order valence-corrected chi connectivity index (χ3v) is 5.00. The molecule has 0 radical (unpaired) electrons. The van der Waals surface area contributed by atoms with E-state index in [1.807, 2.05) is 0 Å². The lowest BCUT2D eigenvalue weighted by Crippen LogP contribution is -2.44. The second kappa shape index (κ2) is 5.82. The monoisotopic (exact) mass is 266 g/mol. The van der Waals surface area contributed by atoms with Crippen LogP contribution in [0.1, 0.15) is 66.2 Å². The Morgan fingerprint density at radius 2 is 2.11 bits per heavy atom. The van der Waals surface area contributed by atoms with Crippen LogP contribution in [-0.4, -0.2) is 29.1 Å². The van der Waals surface area contributed by atoms with Crippen molar-refractivity contribution in [1.82, 2.24) is 10.2 Å². The van der Waals surface area contributed by atoms with Gasteiger partial charge < -0.3 is 4.90 Å². The van der Waals surface area contributed by atoms with Crippen LogP contribution >= 0.6 is 0 Å². The zero-order valence-electron chi connectivity index (χ0n) is 13.0. The molecular formula is C16H30N2O. The van der Waals surface area contributed by atoms with E-state index < -0.39 is 0 Å². The van der Waals surface area contributed by atoms with E-state index >= 15 is 0 Å². The zero-order chi connectivity index (χ0) is 14.0. The summed E-state index contributed by atoms with van der Waals surface area (Å²) >= 11 is 0. The van der Waals surface area contributed by atoms with E-state index in [1.165, 1.54) is 25.7 Å². The van der Waals surface area contributed by atoms with E-state index in [2.05, 4.69) is 37.9 Å². The predicted octanol–water partition coefficient (Wildman–Crippen LogP) is 3.15. The van der Waals surface area contributed by atoms with Gasteiger partial charge in [0.25, 0.3) is 0 Å². The second-order valence-electron chi connectivity index (χ2n) is 7.06. The molecule has 0 aromatic carbocycles. The summed E-state index contributed by atoms with van der Waals surface area (Å²) in [5.74, 6) is 1.82. The first-order valence-corrected chi connectivity index (χ1v) is 8.05. The molecule has 1 aliphatic heterocycles. The van der Waals surface area contributed by atoms with Gasteiger partial charge >= 0.3 is 0 Å². The molecule has 110 valence electrons. The quantitative estimate of drug-likeness (QED) is 0.801. The standard InChI is InChI=1S/C16H30N2O/c1-5-16(4)15(19)18(10-9-13-7-6-8-13)14(17-16)11-12(2)3/h12-14,17H,5-11H2,1-4H3. The Morgan fingerprint density at radius 3 is 2.58 bits per heavy atom. The van der Waals surface area contributed by atoms with Gasteiger partial charge in [-0.15, -0.1) is 0 Å². The molecule has 0 aromatic rings. The molecule has 2 atom stereocenters. The lowest BCUT2D eigenvalue weighted by atomic mass is 9.83. The van der Waals surface area contributed by atoms with Crippen molar-refractivity contribution in [2.45, 2.75) is 77.9 Å². The van der Waals surface area contributed by atoms with Gasteiger partial charge in [-0.3, -0.25) is 10.1 Å². The summed E-state index contributed by atoms with van der Waals surface area (Å²) in [5, 5.41) is 3.58. The van der Waals surface area contributed by atoms with Gasteiger partial charge in [-0.1, -0.05) is 40.0 Å². The molecule has 1 aliphatic carbocycles. The third kappa shape index (κ3) is 3.13. The van der Waals surface area contributed by atoms with E-state index in [9.17, 15) is 4.79 Å². The molecule has 2 rings (SSSR count). The van der Waals surface area contributed by atoms with Gasteiger partial charge in [0.15, 0.2) is 0 Å². The molecule has 1 N–H and O–H groups in total. The minimum Gasteiger partial charge on any atom is -0.326 e. The molecule has 1 saturated heterocycles. The summed E-state index contributed by atoms with van der Waals surface area (Å²) in [6, 6.07) is 0. The molecule has 0 spiro atoms. The summed E-state index contributed by atoms with van der Waals surface area (Å²) in [6.45, 7) is 9.58. The van der Waals surface area contributed by atoms with Gasteiger partial charge in [0.1, 0.15) is 0 Å². The van der Waals surface area contributed by atoms with Crippen molar-refractivity contribution in [1.29, 1.82) is 0 Å². The molecule has 0 bridgehead atoms. The SMILES string of the molecule is CCC1(C)NC(CC(C)C)N(CCC2CCC2)C1=O. The molecule has 1 saturated carbocycles. The summed E-state index contributed by atoms with van der Waals surface area (Å²) in [6.07, 6.45) is 7.51. The normalized spacial score (nSPS) is 32.2. The summed E-state index contributed by atoms with van der Waals surface area (Å²) in [7, 11) is 0. The number of rotatable bonds is 6. The highest BCUT2D eigenvalue weighted by molar-refractivity contribution is 5.88. The van der Waals surface area contributed by atoms with Crippen molar-refractivity contribution in [3.63, 3.8) is 0 Å². The van der Waals surface area contributed by atoms with Gasteiger partial charge in [0.05, 0.1) is 11.7 Å². The van der Waals surface area contributed by atoms with Gasteiger partial charge in [-0.25, -0.2) is 0 Å². The van der Waals surface area contributed by atoms with Crippen molar-refractivity contribution in [2.24, 2.45) is 11.8 Å². The largest absolute Gasteiger partial charge is 0.326 e. The van der Waals surface area contributed by atoms with Crippen LogP contribution in [0.4, 0.5) is 0 Å². The maximum absolute atomic E-state index is 12.6. The van der Waals surface area contributed by atoms with Crippen molar-refractivity contribution in [3.8, 4) is 0 Å². The first-order valence-electron chi connectivity index (χ1n) is 8.05. The van der Waals surface area contributed by atoms with Crippen LogP contribution in [0.25, 0.3) is 0 Å². The lowest BCUT2D eigenvalue weighted by Gasteiger charge is -2.30. The van der Waals surface area contributed by atoms with E-state index in [0.29, 0.717) is 11.8 Å². The molecule has 2 aliphatic rings. The van der Waals surface area contributed by atoms with E-state index in [0.717, 1.165) is 25.3 Å². The zero-order valence-corrected chi connectivity index (χ0v) is 13.0. The highest BCUT2D eigenvalue weighted by Gasteiger charge is 2.46. The van der Waals surface area contributed by atoms with Crippen LogP contribution in [0.15, 0.2) is 0 Å². The Balaban J connectivity index is 1.99. The van der Waals surface area contributed by atoms with Crippen LogP contribution in [0.2, 0.25) is 0 Å². The molecular weight excluding hydrogens is 236 g/mol. The fraction of sp³-hybridized carbons (Fsp3) is 0.938. The number of amides is 1. The first kappa shape index (κ1) is 14.8. The van der Waals surface area contributed by atoms with Crippen molar-refractivity contribution in [2.75, 3.05) is 6.54 Å². The first-order chi connectivity index (χ1) is 8.96. The molecule has 1 amide bonds. The minimum atomic E-state index is -0.334. The molecule has 2 unspecified atom stereocenters. The van der Waals surface area contributed by atoms with Crippen LogP contribution in [0.5, 0.6) is 0 Å². The number of carbonyl (C=O) groups excluding carboxylic acids is 1. The maximum Gasteiger partial charge on any atom is 0.243 e. The molecule has 3 heteroatoms. The van der Waals surface area contributed by atoms with Crippen LogP contribution in [0.3, 0.4) is 0 Å². The molecule has 2 fully saturated rings. The van der Waals surface area contributed by atoms with E-state index in [-0.39, 0.29) is 11.7 Å². The Hall–Kier alpha value is -0.570. The summed E-state index contributed by atoms with van der Waals surface area (Å²) in [5.41, 5.74) is -0.334. The Morgan fingerprint density at radius 1 is 1.42 bits per heavy atom. The average molecular weight is 266 g/mol. The number of carbonyl (C=O) groups is 1. The van der Waals surface area contributed by atoms with Crippen LogP contribution in [-0.2, 0) is 4.79 Å². The molecule has 1 heterocycles. The second-order valence-corrected chi connectivity index (χ2v) is 7.06. The summed E-state index contributed by atoms with van der Waals surface area (Å²) in [4.78, 5) is 14.8. The van der Waals surface area contributed by atoms with Gasteiger partial charge in [0.2, 0.25) is 5.91 Å². The number of nitrogens with one attached hydrogen (secondary N) is 1. The van der Waals surface area contributed by atoms with Crippen molar-refractivity contribution in [3.05, 3.63) is 0 Å². The molecule has 3 nitrogen and oxygen atoms in total. The maximum atomic E-state index is 12.6. The Bertz CT molecular complexity index is 325.